The molecule has 8 nitrogen and oxygen atoms in total. The van der Waals surface area contributed by atoms with Crippen molar-refractivity contribution in [1.29, 1.82) is 0 Å². The minimum atomic E-state index is -0.277. The van der Waals surface area contributed by atoms with Crippen molar-refractivity contribution in [1.82, 2.24) is 24.9 Å². The van der Waals surface area contributed by atoms with E-state index < -0.39 is 0 Å². The van der Waals surface area contributed by atoms with Gasteiger partial charge >= 0.3 is 0 Å². The van der Waals surface area contributed by atoms with E-state index in [-0.39, 0.29) is 17.5 Å². The van der Waals surface area contributed by atoms with Crippen molar-refractivity contribution in [2.75, 3.05) is 11.9 Å². The standard InChI is InChI=1S/C18H20N6O2/c1-23-16(21-17(25)14-7-3-2-4-8-14)13-15(22-23)18(26)19-9-5-11-24-12-6-10-20-24/h2-4,6-8,10,12-13H,5,9,11H2,1H3,(H,19,26)(H,21,25). The molecule has 8 heteroatoms. The van der Waals surface area contributed by atoms with Gasteiger partial charge in [-0.2, -0.15) is 10.2 Å². The Morgan fingerprint density at radius 3 is 2.65 bits per heavy atom. The van der Waals surface area contributed by atoms with Gasteiger partial charge in [0, 0.05) is 44.2 Å². The lowest BCUT2D eigenvalue weighted by atomic mass is 10.2. The molecule has 0 aliphatic carbocycles. The van der Waals surface area contributed by atoms with Gasteiger partial charge in [-0.1, -0.05) is 18.2 Å². The molecule has 134 valence electrons. The Morgan fingerprint density at radius 2 is 1.92 bits per heavy atom. The van der Waals surface area contributed by atoms with Crippen molar-refractivity contribution in [3.8, 4) is 0 Å². The van der Waals surface area contributed by atoms with Crippen LogP contribution < -0.4 is 10.6 Å². The largest absolute Gasteiger partial charge is 0.351 e. The van der Waals surface area contributed by atoms with E-state index in [4.69, 9.17) is 0 Å². The van der Waals surface area contributed by atoms with Gasteiger partial charge in [0.15, 0.2) is 5.69 Å². The number of aryl methyl sites for hydroxylation is 2. The molecule has 26 heavy (non-hydrogen) atoms. The van der Waals surface area contributed by atoms with Gasteiger partial charge in [-0.05, 0) is 24.6 Å². The van der Waals surface area contributed by atoms with Gasteiger partial charge in [0.05, 0.1) is 0 Å². The van der Waals surface area contributed by atoms with E-state index >= 15 is 0 Å². The second kappa shape index (κ2) is 8.11. The summed E-state index contributed by atoms with van der Waals surface area (Å²) in [4.78, 5) is 24.4. The molecule has 0 aliphatic heterocycles. The Balaban J connectivity index is 1.53. The quantitative estimate of drug-likeness (QED) is 0.633. The molecule has 0 saturated heterocycles. The molecule has 2 aromatic heterocycles. The van der Waals surface area contributed by atoms with Crippen LogP contribution in [0.3, 0.4) is 0 Å². The second-order valence-electron chi connectivity index (χ2n) is 5.74. The summed E-state index contributed by atoms with van der Waals surface area (Å²) in [5.74, 6) is -0.0680. The molecule has 2 N–H and O–H groups in total. The minimum absolute atomic E-state index is 0.250. The third kappa shape index (κ3) is 4.35. The van der Waals surface area contributed by atoms with Crippen LogP contribution in [0.2, 0.25) is 0 Å². The fraction of sp³-hybridized carbons (Fsp3) is 0.222. The highest BCUT2D eigenvalue weighted by atomic mass is 16.2. The molecular weight excluding hydrogens is 332 g/mol. The van der Waals surface area contributed by atoms with Gasteiger partial charge in [0.25, 0.3) is 11.8 Å². The lowest BCUT2D eigenvalue weighted by molar-refractivity contribution is 0.0946. The molecule has 0 unspecified atom stereocenters. The molecular formula is C18H20N6O2. The number of benzene rings is 1. The maximum Gasteiger partial charge on any atom is 0.271 e. The van der Waals surface area contributed by atoms with E-state index in [1.807, 2.05) is 23.0 Å². The Labute approximate surface area is 150 Å². The average Bonchev–Trinajstić information content (AvgIpc) is 3.29. The number of nitrogens with one attached hydrogen (secondary N) is 2. The Morgan fingerprint density at radius 1 is 1.12 bits per heavy atom. The van der Waals surface area contributed by atoms with Crippen LogP contribution >= 0.6 is 0 Å². The third-order valence-corrected chi connectivity index (χ3v) is 3.80. The maximum absolute atomic E-state index is 12.2. The van der Waals surface area contributed by atoms with Gasteiger partial charge in [-0.25, -0.2) is 0 Å². The van der Waals surface area contributed by atoms with Gasteiger partial charge in [-0.3, -0.25) is 19.0 Å². The summed E-state index contributed by atoms with van der Waals surface area (Å²) in [7, 11) is 1.68. The predicted octanol–water partition coefficient (Wildman–Crippen LogP) is 1.69. The first-order valence-corrected chi connectivity index (χ1v) is 8.29. The fourth-order valence-electron chi connectivity index (χ4n) is 2.44. The third-order valence-electron chi connectivity index (χ3n) is 3.80. The number of hydrogen-bond donors (Lipinski definition) is 2. The lowest BCUT2D eigenvalue weighted by Gasteiger charge is -2.04. The lowest BCUT2D eigenvalue weighted by Crippen LogP contribution is -2.25. The zero-order chi connectivity index (χ0) is 18.4. The minimum Gasteiger partial charge on any atom is -0.351 e. The number of rotatable bonds is 7. The molecule has 2 heterocycles. The normalized spacial score (nSPS) is 10.5. The van der Waals surface area contributed by atoms with Gasteiger partial charge in [-0.15, -0.1) is 0 Å². The highest BCUT2D eigenvalue weighted by molar-refractivity contribution is 6.04. The first kappa shape index (κ1) is 17.4. The van der Waals surface area contributed by atoms with Crippen molar-refractivity contribution in [2.45, 2.75) is 13.0 Å². The number of carbonyl (C=O) groups excluding carboxylic acids is 2. The number of nitrogens with zero attached hydrogens (tertiary/aromatic N) is 4. The van der Waals surface area contributed by atoms with Gasteiger partial charge in [0.2, 0.25) is 0 Å². The summed E-state index contributed by atoms with van der Waals surface area (Å²) in [5, 5.41) is 13.8. The molecule has 0 aliphatic rings. The van der Waals surface area contributed by atoms with Crippen LogP contribution in [0.4, 0.5) is 5.82 Å². The highest BCUT2D eigenvalue weighted by Crippen LogP contribution is 2.11. The number of aromatic nitrogens is 4. The summed E-state index contributed by atoms with van der Waals surface area (Å²) in [6.07, 6.45) is 4.36. The Hall–Kier alpha value is -3.42. The average molecular weight is 352 g/mol. The number of hydrogen-bond acceptors (Lipinski definition) is 4. The van der Waals surface area contributed by atoms with E-state index in [2.05, 4.69) is 20.8 Å². The van der Waals surface area contributed by atoms with E-state index in [1.165, 1.54) is 4.68 Å². The Kier molecular flexibility index (Phi) is 5.43. The van der Waals surface area contributed by atoms with E-state index in [9.17, 15) is 9.59 Å². The Bertz CT molecular complexity index is 870. The molecule has 0 radical (unpaired) electrons. The fourth-order valence-corrected chi connectivity index (χ4v) is 2.44. The van der Waals surface area contributed by atoms with Crippen LogP contribution in [0.1, 0.15) is 27.3 Å². The first-order valence-electron chi connectivity index (χ1n) is 8.29. The molecule has 3 aromatic rings. The maximum atomic E-state index is 12.2. The SMILES string of the molecule is Cn1nc(C(=O)NCCCn2cccn2)cc1NC(=O)c1ccccc1. The second-order valence-corrected chi connectivity index (χ2v) is 5.74. The predicted molar refractivity (Wildman–Crippen MR) is 96.8 cm³/mol. The molecule has 0 atom stereocenters. The van der Waals surface area contributed by atoms with E-state index in [1.54, 1.807) is 43.6 Å². The van der Waals surface area contributed by atoms with Crippen LogP contribution in [0.25, 0.3) is 0 Å². The summed E-state index contributed by atoms with van der Waals surface area (Å²) in [5.41, 5.74) is 0.799. The highest BCUT2D eigenvalue weighted by Gasteiger charge is 2.14. The number of carbonyl (C=O) groups is 2. The van der Waals surface area contributed by atoms with Crippen LogP contribution in [-0.2, 0) is 13.6 Å². The molecule has 0 bridgehead atoms. The smallest absolute Gasteiger partial charge is 0.271 e. The van der Waals surface area contributed by atoms with Crippen molar-refractivity contribution in [2.24, 2.45) is 7.05 Å². The van der Waals surface area contributed by atoms with Crippen molar-refractivity contribution in [3.05, 3.63) is 66.1 Å². The molecule has 0 spiro atoms. The van der Waals surface area contributed by atoms with Crippen LogP contribution in [0.5, 0.6) is 0 Å². The number of anilines is 1. The van der Waals surface area contributed by atoms with Crippen LogP contribution in [0.15, 0.2) is 54.9 Å². The summed E-state index contributed by atoms with van der Waals surface area (Å²) in [6, 6.07) is 12.3. The first-order chi connectivity index (χ1) is 12.6. The summed E-state index contributed by atoms with van der Waals surface area (Å²) < 4.78 is 3.28. The summed E-state index contributed by atoms with van der Waals surface area (Å²) in [6.45, 7) is 1.24. The van der Waals surface area contributed by atoms with E-state index in [0.717, 1.165) is 13.0 Å². The van der Waals surface area contributed by atoms with Gasteiger partial charge in [0.1, 0.15) is 5.82 Å². The zero-order valence-electron chi connectivity index (χ0n) is 14.4. The van der Waals surface area contributed by atoms with Crippen molar-refractivity contribution in [3.63, 3.8) is 0 Å². The van der Waals surface area contributed by atoms with Crippen LogP contribution in [-0.4, -0.2) is 37.9 Å². The summed E-state index contributed by atoms with van der Waals surface area (Å²) >= 11 is 0. The van der Waals surface area contributed by atoms with Crippen molar-refractivity contribution >= 4 is 17.6 Å². The molecule has 0 saturated carbocycles. The zero-order valence-corrected chi connectivity index (χ0v) is 14.4. The van der Waals surface area contributed by atoms with Crippen LogP contribution in [0, 0.1) is 0 Å². The van der Waals surface area contributed by atoms with Crippen molar-refractivity contribution < 1.29 is 9.59 Å². The number of amides is 2. The molecule has 0 fully saturated rings. The monoisotopic (exact) mass is 352 g/mol. The molecule has 3 rings (SSSR count). The van der Waals surface area contributed by atoms with E-state index in [0.29, 0.717) is 17.9 Å². The molecule has 1 aromatic carbocycles. The molecule has 2 amide bonds. The topological polar surface area (TPSA) is 93.8 Å². The van der Waals surface area contributed by atoms with Gasteiger partial charge < -0.3 is 10.6 Å².